The topological polar surface area (TPSA) is 26.3 Å². The van der Waals surface area contributed by atoms with Gasteiger partial charge in [-0.25, -0.2) is 4.39 Å². The molecule has 76 valence electrons. The average molecular weight is 217 g/mol. The lowest BCUT2D eigenvalue weighted by atomic mass is 10.1. The van der Waals surface area contributed by atoms with E-state index < -0.39 is 5.82 Å². The van der Waals surface area contributed by atoms with Crippen LogP contribution in [0.25, 0.3) is 0 Å². The molecule has 0 aliphatic carbocycles. The molecule has 0 unspecified atom stereocenters. The van der Waals surface area contributed by atoms with E-state index in [1.807, 2.05) is 0 Å². The fraction of sp³-hybridized carbons (Fsp3) is 0.300. The van der Waals surface area contributed by atoms with Crippen LogP contribution < -0.4 is 4.74 Å². The molecular weight excluding hydrogens is 207 g/mol. The second kappa shape index (κ2) is 4.42. The first kappa shape index (κ1) is 11.0. The molecule has 0 N–H and O–H groups in total. The highest BCUT2D eigenvalue weighted by atomic mass is 35.5. The van der Waals surface area contributed by atoms with Crippen molar-refractivity contribution in [3.63, 3.8) is 0 Å². The summed E-state index contributed by atoms with van der Waals surface area (Å²) in [5.41, 5.74) is 0.260. The molecule has 0 spiro atoms. The predicted octanol–water partition coefficient (Wildman–Crippen LogP) is 3.08. The molecule has 14 heavy (non-hydrogen) atoms. The summed E-state index contributed by atoms with van der Waals surface area (Å²) in [5.74, 6) is -0.649. The Labute approximate surface area is 86.6 Å². The lowest BCUT2D eigenvalue weighted by Crippen LogP contribution is -1.99. The second-order valence-corrected chi connectivity index (χ2v) is 3.14. The summed E-state index contributed by atoms with van der Waals surface area (Å²) >= 11 is 5.64. The predicted molar refractivity (Wildman–Crippen MR) is 52.6 cm³/mol. The fourth-order valence-corrected chi connectivity index (χ4v) is 1.19. The van der Waals surface area contributed by atoms with Crippen molar-refractivity contribution in [3.8, 4) is 5.75 Å². The molecule has 1 rings (SSSR count). The molecule has 2 nitrogen and oxygen atoms in total. The minimum Gasteiger partial charge on any atom is -0.492 e. The van der Waals surface area contributed by atoms with Crippen LogP contribution >= 0.6 is 11.6 Å². The Hall–Kier alpha value is -1.09. The molecule has 0 saturated heterocycles. The van der Waals surface area contributed by atoms with Gasteiger partial charge in [0.15, 0.2) is 5.78 Å². The van der Waals surface area contributed by atoms with Crippen molar-refractivity contribution in [2.45, 2.75) is 13.8 Å². The Morgan fingerprint density at radius 1 is 1.57 bits per heavy atom. The summed E-state index contributed by atoms with van der Waals surface area (Å²) in [6.07, 6.45) is 0. The van der Waals surface area contributed by atoms with Crippen LogP contribution in [0.4, 0.5) is 4.39 Å². The number of carbonyl (C=O) groups excluding carboxylic acids is 1. The standard InChI is InChI=1S/C10H10ClFO2/c1-3-14-9-5-7(6(2)13)4-8(12)10(9)11/h4-5H,3H2,1-2H3. The number of halogens is 2. The van der Waals surface area contributed by atoms with Gasteiger partial charge < -0.3 is 4.74 Å². The van der Waals surface area contributed by atoms with Crippen LogP contribution in [-0.4, -0.2) is 12.4 Å². The van der Waals surface area contributed by atoms with Gasteiger partial charge >= 0.3 is 0 Å². The first-order valence-corrected chi connectivity index (χ1v) is 4.56. The van der Waals surface area contributed by atoms with Gasteiger partial charge in [0.05, 0.1) is 6.61 Å². The Balaban J connectivity index is 3.20. The van der Waals surface area contributed by atoms with Crippen molar-refractivity contribution in [1.29, 1.82) is 0 Å². The van der Waals surface area contributed by atoms with Gasteiger partial charge in [-0.15, -0.1) is 0 Å². The zero-order chi connectivity index (χ0) is 10.7. The Morgan fingerprint density at radius 3 is 2.71 bits per heavy atom. The lowest BCUT2D eigenvalue weighted by molar-refractivity contribution is 0.101. The van der Waals surface area contributed by atoms with Crippen molar-refractivity contribution in [3.05, 3.63) is 28.5 Å². The monoisotopic (exact) mass is 216 g/mol. The largest absolute Gasteiger partial charge is 0.492 e. The van der Waals surface area contributed by atoms with E-state index in [0.29, 0.717) is 6.61 Å². The van der Waals surface area contributed by atoms with Crippen molar-refractivity contribution in [1.82, 2.24) is 0 Å². The van der Waals surface area contributed by atoms with E-state index in [9.17, 15) is 9.18 Å². The van der Waals surface area contributed by atoms with Crippen LogP contribution in [0, 0.1) is 5.82 Å². The zero-order valence-electron chi connectivity index (χ0n) is 7.93. The maximum atomic E-state index is 13.2. The van der Waals surface area contributed by atoms with E-state index in [1.54, 1.807) is 6.92 Å². The van der Waals surface area contributed by atoms with E-state index >= 15 is 0 Å². The summed E-state index contributed by atoms with van der Waals surface area (Å²) < 4.78 is 18.2. The summed E-state index contributed by atoms with van der Waals surface area (Å²) in [7, 11) is 0. The normalized spacial score (nSPS) is 10.0. The number of ether oxygens (including phenoxy) is 1. The Bertz CT molecular complexity index is 363. The third kappa shape index (κ3) is 2.23. The lowest BCUT2D eigenvalue weighted by Gasteiger charge is -2.07. The molecule has 0 bridgehead atoms. The summed E-state index contributed by atoms with van der Waals surface area (Å²) in [5, 5.41) is -0.0862. The van der Waals surface area contributed by atoms with Gasteiger partial charge in [-0.2, -0.15) is 0 Å². The molecule has 0 aliphatic rings. The number of carbonyl (C=O) groups is 1. The summed E-state index contributed by atoms with van der Waals surface area (Å²) in [6.45, 7) is 3.49. The molecule has 0 fully saturated rings. The van der Waals surface area contributed by atoms with Gasteiger partial charge in [0.1, 0.15) is 16.6 Å². The fourth-order valence-electron chi connectivity index (χ4n) is 1.03. The number of hydrogen-bond acceptors (Lipinski definition) is 2. The number of ketones is 1. The molecule has 0 heterocycles. The average Bonchev–Trinajstić information content (AvgIpc) is 2.12. The van der Waals surface area contributed by atoms with Crippen LogP contribution in [0.15, 0.2) is 12.1 Å². The van der Waals surface area contributed by atoms with Crippen molar-refractivity contribution in [2.24, 2.45) is 0 Å². The number of benzene rings is 1. The van der Waals surface area contributed by atoms with Gasteiger partial charge in [-0.05, 0) is 26.0 Å². The molecule has 0 atom stereocenters. The quantitative estimate of drug-likeness (QED) is 0.726. The molecule has 0 aliphatic heterocycles. The van der Waals surface area contributed by atoms with Crippen LogP contribution in [0.3, 0.4) is 0 Å². The van der Waals surface area contributed by atoms with Gasteiger partial charge in [0.25, 0.3) is 0 Å². The molecule has 0 aromatic heterocycles. The maximum absolute atomic E-state index is 13.2. The van der Waals surface area contributed by atoms with Crippen LogP contribution in [-0.2, 0) is 0 Å². The highest BCUT2D eigenvalue weighted by Crippen LogP contribution is 2.29. The van der Waals surface area contributed by atoms with Crippen molar-refractivity contribution in [2.75, 3.05) is 6.61 Å². The SMILES string of the molecule is CCOc1cc(C(C)=O)cc(F)c1Cl. The second-order valence-electron chi connectivity index (χ2n) is 2.76. The highest BCUT2D eigenvalue weighted by molar-refractivity contribution is 6.32. The van der Waals surface area contributed by atoms with E-state index in [4.69, 9.17) is 16.3 Å². The van der Waals surface area contributed by atoms with Crippen LogP contribution in [0.5, 0.6) is 5.75 Å². The van der Waals surface area contributed by atoms with Crippen molar-refractivity contribution < 1.29 is 13.9 Å². The molecule has 0 saturated carbocycles. The van der Waals surface area contributed by atoms with Crippen LogP contribution in [0.1, 0.15) is 24.2 Å². The zero-order valence-corrected chi connectivity index (χ0v) is 8.69. The molecule has 0 amide bonds. The molecule has 1 aromatic rings. The number of hydrogen-bond donors (Lipinski definition) is 0. The smallest absolute Gasteiger partial charge is 0.160 e. The van der Waals surface area contributed by atoms with Crippen LogP contribution in [0.2, 0.25) is 5.02 Å². The van der Waals surface area contributed by atoms with Gasteiger partial charge in [-0.3, -0.25) is 4.79 Å². The highest BCUT2D eigenvalue weighted by Gasteiger charge is 2.11. The maximum Gasteiger partial charge on any atom is 0.160 e. The van der Waals surface area contributed by atoms with E-state index in [-0.39, 0.29) is 22.1 Å². The van der Waals surface area contributed by atoms with Gasteiger partial charge in [0.2, 0.25) is 0 Å². The van der Waals surface area contributed by atoms with E-state index in [1.165, 1.54) is 13.0 Å². The Morgan fingerprint density at radius 2 is 2.21 bits per heavy atom. The first-order valence-electron chi connectivity index (χ1n) is 4.19. The number of rotatable bonds is 3. The third-order valence-corrected chi connectivity index (χ3v) is 2.07. The third-order valence-electron chi connectivity index (χ3n) is 1.70. The molecule has 0 radical (unpaired) electrons. The van der Waals surface area contributed by atoms with Crippen molar-refractivity contribution >= 4 is 17.4 Å². The first-order chi connectivity index (χ1) is 6.56. The molecule has 1 aromatic carbocycles. The van der Waals surface area contributed by atoms with E-state index in [2.05, 4.69) is 0 Å². The molecular formula is C10H10ClFO2. The molecule has 4 heteroatoms. The van der Waals surface area contributed by atoms with Gasteiger partial charge in [-0.1, -0.05) is 11.6 Å². The van der Waals surface area contributed by atoms with E-state index in [0.717, 1.165) is 6.07 Å². The minimum atomic E-state index is -0.636. The summed E-state index contributed by atoms with van der Waals surface area (Å²) in [4.78, 5) is 11.0. The minimum absolute atomic E-state index is 0.0862. The summed E-state index contributed by atoms with van der Waals surface area (Å²) in [6, 6.07) is 2.55. The Kier molecular flexibility index (Phi) is 3.47. The number of Topliss-reactive ketones (excluding diaryl/α,β-unsaturated/α-hetero) is 1. The van der Waals surface area contributed by atoms with Gasteiger partial charge in [0, 0.05) is 5.56 Å².